The Balaban J connectivity index is 1.91. The van der Waals surface area contributed by atoms with Crippen molar-refractivity contribution in [2.24, 2.45) is 7.05 Å². The molecule has 3 aromatic rings. The lowest BCUT2D eigenvalue weighted by atomic mass is 10.2. The number of hydrogen-bond acceptors (Lipinski definition) is 5. The number of halogens is 1. The van der Waals surface area contributed by atoms with Crippen LogP contribution in [-0.4, -0.2) is 28.8 Å². The minimum absolute atomic E-state index is 0.305. The molecule has 3 rings (SSSR count). The molecule has 0 radical (unpaired) electrons. The quantitative estimate of drug-likeness (QED) is 0.736. The van der Waals surface area contributed by atoms with E-state index >= 15 is 0 Å². The van der Waals surface area contributed by atoms with Crippen molar-refractivity contribution in [3.05, 3.63) is 46.1 Å². The van der Waals surface area contributed by atoms with E-state index in [1.165, 1.54) is 18.4 Å². The molecule has 0 saturated carbocycles. The summed E-state index contributed by atoms with van der Waals surface area (Å²) < 4.78 is 7.05. The molecule has 1 aromatic carbocycles. The Morgan fingerprint density at radius 3 is 2.78 bits per heavy atom. The number of fused-ring (bicyclic) bond motifs is 1. The van der Waals surface area contributed by atoms with Gasteiger partial charge in [-0.1, -0.05) is 11.6 Å². The van der Waals surface area contributed by atoms with Crippen LogP contribution in [-0.2, 0) is 11.8 Å². The summed E-state index contributed by atoms with van der Waals surface area (Å²) in [5.74, 6) is -0.781. The Hall–Kier alpha value is -2.38. The minimum atomic E-state index is -0.477. The van der Waals surface area contributed by atoms with E-state index in [1.807, 2.05) is 0 Å². The van der Waals surface area contributed by atoms with Gasteiger partial charge in [-0.3, -0.25) is 9.48 Å². The molecule has 2 heterocycles. The smallest absolute Gasteiger partial charge is 0.349 e. The number of anilines is 1. The average Bonchev–Trinajstić information content (AvgIpc) is 3.10. The second-order valence-electron chi connectivity index (χ2n) is 4.78. The van der Waals surface area contributed by atoms with Crippen LogP contribution < -0.4 is 5.32 Å². The molecule has 23 heavy (non-hydrogen) atoms. The van der Waals surface area contributed by atoms with E-state index in [0.29, 0.717) is 21.3 Å². The fourth-order valence-corrected chi connectivity index (χ4v) is 3.56. The zero-order valence-corrected chi connectivity index (χ0v) is 13.9. The molecule has 0 bridgehead atoms. The van der Waals surface area contributed by atoms with E-state index in [1.54, 1.807) is 42.2 Å². The first-order chi connectivity index (χ1) is 11.0. The Morgan fingerprint density at radius 1 is 1.35 bits per heavy atom. The predicted molar refractivity (Wildman–Crippen MR) is 89.3 cm³/mol. The highest BCUT2D eigenvalue weighted by atomic mass is 35.5. The number of nitrogens with one attached hydrogen (secondary N) is 1. The van der Waals surface area contributed by atoms with Gasteiger partial charge < -0.3 is 10.1 Å². The first kappa shape index (κ1) is 15.5. The maximum Gasteiger partial charge on any atom is 0.349 e. The SMILES string of the molecule is COC(=O)c1sc2cc(NC(=O)c3ccn(C)n3)ccc2c1Cl. The van der Waals surface area contributed by atoms with Crippen LogP contribution in [0.5, 0.6) is 0 Å². The molecule has 0 aliphatic carbocycles. The number of hydrogen-bond donors (Lipinski definition) is 1. The van der Waals surface area contributed by atoms with Gasteiger partial charge in [0.1, 0.15) is 4.88 Å². The molecule has 0 aliphatic heterocycles. The molecule has 1 amide bonds. The molecular weight excluding hydrogens is 338 g/mol. The Kier molecular flexibility index (Phi) is 4.06. The van der Waals surface area contributed by atoms with E-state index in [-0.39, 0.29) is 5.91 Å². The lowest BCUT2D eigenvalue weighted by Gasteiger charge is -2.03. The summed E-state index contributed by atoms with van der Waals surface area (Å²) in [6, 6.07) is 6.88. The maximum atomic E-state index is 12.1. The van der Waals surface area contributed by atoms with Gasteiger partial charge in [-0.15, -0.1) is 11.3 Å². The monoisotopic (exact) mass is 349 g/mol. The van der Waals surface area contributed by atoms with Gasteiger partial charge in [0, 0.05) is 29.0 Å². The predicted octanol–water partition coefficient (Wildman–Crippen LogP) is 3.33. The number of ether oxygens (including phenoxy) is 1. The summed E-state index contributed by atoms with van der Waals surface area (Å²) in [5, 5.41) is 7.92. The molecule has 118 valence electrons. The van der Waals surface area contributed by atoms with Crippen LogP contribution in [0.4, 0.5) is 5.69 Å². The third-order valence-corrected chi connectivity index (χ3v) is 4.84. The van der Waals surface area contributed by atoms with Gasteiger partial charge in [-0.05, 0) is 24.3 Å². The fourth-order valence-electron chi connectivity index (χ4n) is 2.10. The van der Waals surface area contributed by atoms with E-state index in [2.05, 4.69) is 10.4 Å². The molecule has 0 aliphatic rings. The number of aromatic nitrogens is 2. The molecule has 0 spiro atoms. The number of carbonyl (C=O) groups excluding carboxylic acids is 2. The number of aryl methyl sites for hydroxylation is 1. The van der Waals surface area contributed by atoms with Crippen LogP contribution in [0, 0.1) is 0 Å². The summed E-state index contributed by atoms with van der Waals surface area (Å²) in [4.78, 5) is 24.1. The van der Waals surface area contributed by atoms with Gasteiger partial charge in [0.05, 0.1) is 12.1 Å². The van der Waals surface area contributed by atoms with Crippen LogP contribution in [0.2, 0.25) is 5.02 Å². The van der Waals surface area contributed by atoms with E-state index in [4.69, 9.17) is 16.3 Å². The lowest BCUT2D eigenvalue weighted by Crippen LogP contribution is -2.12. The second kappa shape index (κ2) is 6.02. The van der Waals surface area contributed by atoms with Crippen LogP contribution in [0.1, 0.15) is 20.2 Å². The van der Waals surface area contributed by atoms with Crippen LogP contribution in [0.15, 0.2) is 30.5 Å². The van der Waals surface area contributed by atoms with Crippen LogP contribution in [0.25, 0.3) is 10.1 Å². The molecule has 2 aromatic heterocycles. The molecule has 0 fully saturated rings. The molecule has 1 N–H and O–H groups in total. The number of carbonyl (C=O) groups is 2. The summed E-state index contributed by atoms with van der Waals surface area (Å²) in [6.07, 6.45) is 1.69. The molecule has 6 nitrogen and oxygen atoms in total. The van der Waals surface area contributed by atoms with Crippen molar-refractivity contribution in [2.45, 2.75) is 0 Å². The Morgan fingerprint density at radius 2 is 2.13 bits per heavy atom. The summed E-state index contributed by atoms with van der Waals surface area (Å²) in [7, 11) is 3.05. The van der Waals surface area contributed by atoms with Crippen molar-refractivity contribution in [1.29, 1.82) is 0 Å². The molecular formula is C15H12ClN3O3S. The number of amides is 1. The lowest BCUT2D eigenvalue weighted by molar-refractivity contribution is 0.0606. The third kappa shape index (κ3) is 2.93. The number of methoxy groups -OCH3 is 1. The highest BCUT2D eigenvalue weighted by Crippen LogP contribution is 2.37. The second-order valence-corrected chi connectivity index (χ2v) is 6.21. The third-order valence-electron chi connectivity index (χ3n) is 3.20. The molecule has 8 heteroatoms. The van der Waals surface area contributed by atoms with Crippen molar-refractivity contribution in [1.82, 2.24) is 9.78 Å². The highest BCUT2D eigenvalue weighted by Gasteiger charge is 2.18. The summed E-state index contributed by atoms with van der Waals surface area (Å²) >= 11 is 7.42. The minimum Gasteiger partial charge on any atom is -0.465 e. The zero-order valence-electron chi connectivity index (χ0n) is 12.3. The maximum absolute atomic E-state index is 12.1. The van der Waals surface area contributed by atoms with Gasteiger partial charge in [0.25, 0.3) is 5.91 Å². The van der Waals surface area contributed by atoms with Crippen molar-refractivity contribution in [3.8, 4) is 0 Å². The number of thiophene rings is 1. The van der Waals surface area contributed by atoms with E-state index in [9.17, 15) is 9.59 Å². The summed E-state index contributed by atoms with van der Waals surface area (Å²) in [5.41, 5.74) is 0.926. The van der Waals surface area contributed by atoms with E-state index < -0.39 is 5.97 Å². The van der Waals surface area contributed by atoms with Crippen LogP contribution >= 0.6 is 22.9 Å². The zero-order chi connectivity index (χ0) is 16.6. The highest BCUT2D eigenvalue weighted by molar-refractivity contribution is 7.21. The van der Waals surface area contributed by atoms with Crippen molar-refractivity contribution in [2.75, 3.05) is 12.4 Å². The van der Waals surface area contributed by atoms with Gasteiger partial charge in [0.15, 0.2) is 5.69 Å². The van der Waals surface area contributed by atoms with Crippen LogP contribution in [0.3, 0.4) is 0 Å². The Bertz CT molecular complexity index is 916. The van der Waals surface area contributed by atoms with Crippen molar-refractivity contribution < 1.29 is 14.3 Å². The van der Waals surface area contributed by atoms with Gasteiger partial charge >= 0.3 is 5.97 Å². The Labute approximate surface area is 140 Å². The van der Waals surface area contributed by atoms with E-state index in [0.717, 1.165) is 10.1 Å². The average molecular weight is 350 g/mol. The van der Waals surface area contributed by atoms with Crippen molar-refractivity contribution >= 4 is 50.6 Å². The topological polar surface area (TPSA) is 73.2 Å². The molecule has 0 unspecified atom stereocenters. The van der Waals surface area contributed by atoms with Gasteiger partial charge in [0.2, 0.25) is 0 Å². The fraction of sp³-hybridized carbons (Fsp3) is 0.133. The first-order valence-electron chi connectivity index (χ1n) is 6.61. The number of esters is 1. The van der Waals surface area contributed by atoms with Crippen molar-refractivity contribution in [3.63, 3.8) is 0 Å². The summed E-state index contributed by atoms with van der Waals surface area (Å²) in [6.45, 7) is 0. The largest absolute Gasteiger partial charge is 0.465 e. The van der Waals surface area contributed by atoms with Gasteiger partial charge in [-0.2, -0.15) is 5.10 Å². The standard InChI is InChI=1S/C15H12ClN3O3S/c1-19-6-5-10(18-19)14(20)17-8-3-4-9-11(7-8)23-13(12(9)16)15(21)22-2/h3-7H,1-2H3,(H,17,20). The molecule has 0 saturated heterocycles. The molecule has 0 atom stereocenters. The number of nitrogens with zero attached hydrogens (tertiary/aromatic N) is 2. The van der Waals surface area contributed by atoms with Gasteiger partial charge in [-0.25, -0.2) is 4.79 Å². The number of rotatable bonds is 3. The number of benzene rings is 1. The normalized spacial score (nSPS) is 10.7. The first-order valence-corrected chi connectivity index (χ1v) is 7.80.